The van der Waals surface area contributed by atoms with Gasteiger partial charge in [-0.1, -0.05) is 0 Å². The molecule has 1 saturated heterocycles. The zero-order chi connectivity index (χ0) is 10.3. The maximum atomic E-state index is 10.9. The maximum Gasteiger partial charge on any atom is 0.432 e. The summed E-state index contributed by atoms with van der Waals surface area (Å²) in [6.45, 7) is 7.18. The van der Waals surface area contributed by atoms with E-state index in [9.17, 15) is 8.42 Å². The Bertz CT molecular complexity index is 272. The number of nitrogens with one attached hydrogen (secondary N) is 2. The first-order valence-corrected chi connectivity index (χ1v) is 5.16. The van der Waals surface area contributed by atoms with Crippen molar-refractivity contribution in [2.24, 2.45) is 0 Å². The molecule has 0 atom stereocenters. The molecule has 1 fully saturated rings. The second-order valence-corrected chi connectivity index (χ2v) is 5.18. The van der Waals surface area contributed by atoms with Crippen LogP contribution in [0.1, 0.15) is 27.7 Å². The second-order valence-electron chi connectivity index (χ2n) is 4.03. The van der Waals surface area contributed by atoms with E-state index in [0.29, 0.717) is 0 Å². The molecule has 1 aliphatic heterocycles. The third-order valence-electron chi connectivity index (χ3n) is 2.36. The van der Waals surface area contributed by atoms with Gasteiger partial charge >= 0.3 is 10.4 Å². The molecule has 13 heavy (non-hydrogen) atoms. The van der Waals surface area contributed by atoms with Crippen molar-refractivity contribution in [2.75, 3.05) is 0 Å². The van der Waals surface area contributed by atoms with Gasteiger partial charge in [-0.15, -0.1) is 0 Å². The molecule has 0 aromatic rings. The minimum Gasteiger partial charge on any atom is -0.175 e. The van der Waals surface area contributed by atoms with E-state index in [4.69, 9.17) is 0 Å². The third kappa shape index (κ3) is 2.18. The topological polar surface area (TPSA) is 76.7 Å². The zero-order valence-electron chi connectivity index (χ0n) is 8.04. The van der Waals surface area contributed by atoms with Crippen LogP contribution in [0.15, 0.2) is 0 Å². The van der Waals surface area contributed by atoms with Crippen LogP contribution in [0.4, 0.5) is 0 Å². The van der Waals surface area contributed by atoms with Gasteiger partial charge in [-0.2, -0.15) is 27.9 Å². The highest BCUT2D eigenvalue weighted by atomic mass is 32.3. The van der Waals surface area contributed by atoms with Gasteiger partial charge in [0.15, 0.2) is 0 Å². The normalized spacial score (nSPS) is 30.8. The molecule has 0 unspecified atom stereocenters. The molecular formula is C6H14N2O4S. The summed E-state index contributed by atoms with van der Waals surface area (Å²) in [7, 11) is -3.98. The van der Waals surface area contributed by atoms with Crippen LogP contribution in [0, 0.1) is 0 Å². The van der Waals surface area contributed by atoms with E-state index in [-0.39, 0.29) is 0 Å². The molecule has 0 spiro atoms. The Kier molecular flexibility index (Phi) is 2.42. The van der Waals surface area contributed by atoms with Crippen molar-refractivity contribution in [2.45, 2.75) is 38.8 Å². The standard InChI is InChI=1S/C6H14N2O4S/c1-5(2)6(3,4)8-12-13(9,10)11-7-5/h7-8H,1-4H3. The van der Waals surface area contributed by atoms with Gasteiger partial charge in [0.05, 0.1) is 11.1 Å². The van der Waals surface area contributed by atoms with E-state index >= 15 is 0 Å². The van der Waals surface area contributed by atoms with Crippen LogP contribution in [-0.4, -0.2) is 19.5 Å². The fraction of sp³-hybridized carbons (Fsp3) is 1.00. The monoisotopic (exact) mass is 210 g/mol. The van der Waals surface area contributed by atoms with E-state index in [1.165, 1.54) is 0 Å². The lowest BCUT2D eigenvalue weighted by molar-refractivity contribution is 0.0515. The van der Waals surface area contributed by atoms with Crippen molar-refractivity contribution in [3.05, 3.63) is 0 Å². The summed E-state index contributed by atoms with van der Waals surface area (Å²) in [5, 5.41) is 0. The van der Waals surface area contributed by atoms with Gasteiger partial charge in [-0.05, 0) is 27.7 Å². The van der Waals surface area contributed by atoms with Crippen molar-refractivity contribution in [1.82, 2.24) is 11.0 Å². The molecule has 0 radical (unpaired) electrons. The van der Waals surface area contributed by atoms with E-state index in [1.54, 1.807) is 27.7 Å². The Morgan fingerprint density at radius 2 is 1.23 bits per heavy atom. The molecule has 6 nitrogen and oxygen atoms in total. The average molecular weight is 210 g/mol. The van der Waals surface area contributed by atoms with Gasteiger partial charge in [0.25, 0.3) is 0 Å². The van der Waals surface area contributed by atoms with Crippen molar-refractivity contribution in [3.8, 4) is 0 Å². The molecule has 0 aliphatic carbocycles. The van der Waals surface area contributed by atoms with Gasteiger partial charge < -0.3 is 0 Å². The molecule has 1 rings (SSSR count). The Morgan fingerprint density at radius 1 is 0.923 bits per heavy atom. The molecule has 1 heterocycles. The van der Waals surface area contributed by atoms with Gasteiger partial charge in [0, 0.05) is 0 Å². The quantitative estimate of drug-likeness (QED) is 0.579. The van der Waals surface area contributed by atoms with Crippen LogP contribution in [0.25, 0.3) is 0 Å². The first-order chi connectivity index (χ1) is 5.66. The minimum atomic E-state index is -3.98. The molecule has 0 saturated carbocycles. The van der Waals surface area contributed by atoms with Crippen molar-refractivity contribution in [3.63, 3.8) is 0 Å². The highest BCUT2D eigenvalue weighted by Crippen LogP contribution is 2.24. The number of hydrogen-bond acceptors (Lipinski definition) is 6. The van der Waals surface area contributed by atoms with Gasteiger partial charge in [0.2, 0.25) is 0 Å². The Hall–Kier alpha value is -0.210. The van der Waals surface area contributed by atoms with E-state index < -0.39 is 21.5 Å². The molecule has 0 aromatic carbocycles. The number of hydroxylamine groups is 2. The van der Waals surface area contributed by atoms with Crippen LogP contribution < -0.4 is 11.0 Å². The summed E-state index contributed by atoms with van der Waals surface area (Å²) in [4.78, 5) is 0. The highest BCUT2D eigenvalue weighted by Gasteiger charge is 2.42. The van der Waals surface area contributed by atoms with Crippen LogP contribution in [0.5, 0.6) is 0 Å². The Balaban J connectivity index is 2.95. The molecule has 2 N–H and O–H groups in total. The van der Waals surface area contributed by atoms with E-state index in [0.717, 1.165) is 0 Å². The van der Waals surface area contributed by atoms with E-state index in [2.05, 4.69) is 19.5 Å². The van der Waals surface area contributed by atoms with Crippen LogP contribution in [0.2, 0.25) is 0 Å². The van der Waals surface area contributed by atoms with Crippen molar-refractivity contribution < 1.29 is 17.0 Å². The Morgan fingerprint density at radius 3 is 1.54 bits per heavy atom. The minimum absolute atomic E-state index is 0.573. The van der Waals surface area contributed by atoms with Crippen molar-refractivity contribution in [1.29, 1.82) is 0 Å². The van der Waals surface area contributed by atoms with Gasteiger partial charge in [0.1, 0.15) is 0 Å². The predicted octanol–water partition coefficient (Wildman–Crippen LogP) is -0.156. The largest absolute Gasteiger partial charge is 0.432 e. The first-order valence-electron chi connectivity index (χ1n) is 3.82. The molecule has 0 aromatic heterocycles. The number of rotatable bonds is 0. The van der Waals surface area contributed by atoms with Gasteiger partial charge in [-0.3, -0.25) is 0 Å². The average Bonchev–Trinajstić information content (AvgIpc) is 2.02. The third-order valence-corrected chi connectivity index (χ3v) is 2.94. The molecular weight excluding hydrogens is 196 g/mol. The summed E-state index contributed by atoms with van der Waals surface area (Å²) >= 11 is 0. The predicted molar refractivity (Wildman–Crippen MR) is 45.5 cm³/mol. The molecule has 7 heteroatoms. The SMILES string of the molecule is CC1(C)NOS(=O)(=O)ONC1(C)C. The summed E-state index contributed by atoms with van der Waals surface area (Å²) in [5.41, 5.74) is 3.71. The van der Waals surface area contributed by atoms with Crippen LogP contribution in [0.3, 0.4) is 0 Å². The fourth-order valence-electron chi connectivity index (χ4n) is 0.583. The van der Waals surface area contributed by atoms with Crippen molar-refractivity contribution >= 4 is 10.4 Å². The molecule has 78 valence electrons. The van der Waals surface area contributed by atoms with Crippen LogP contribution in [-0.2, 0) is 19.0 Å². The second kappa shape index (κ2) is 2.89. The summed E-state index contributed by atoms with van der Waals surface area (Å²) in [6, 6.07) is 0. The fourth-order valence-corrected chi connectivity index (χ4v) is 1.24. The smallest absolute Gasteiger partial charge is 0.175 e. The lowest BCUT2D eigenvalue weighted by atomic mass is 9.84. The lowest BCUT2D eigenvalue weighted by Crippen LogP contribution is -2.60. The Labute approximate surface area is 77.8 Å². The van der Waals surface area contributed by atoms with Crippen LogP contribution >= 0.6 is 0 Å². The first kappa shape index (κ1) is 10.9. The van der Waals surface area contributed by atoms with Gasteiger partial charge in [-0.25, -0.2) is 0 Å². The number of hydrogen-bond donors (Lipinski definition) is 2. The lowest BCUT2D eigenvalue weighted by Gasteiger charge is -2.37. The molecule has 0 bridgehead atoms. The highest BCUT2D eigenvalue weighted by molar-refractivity contribution is 7.81. The zero-order valence-corrected chi connectivity index (χ0v) is 8.86. The van der Waals surface area contributed by atoms with E-state index in [1.807, 2.05) is 0 Å². The molecule has 0 amide bonds. The summed E-state index contributed by atoms with van der Waals surface area (Å²) in [5.74, 6) is 0. The summed E-state index contributed by atoms with van der Waals surface area (Å²) < 4.78 is 30.5. The summed E-state index contributed by atoms with van der Waals surface area (Å²) in [6.07, 6.45) is 0. The molecule has 1 aliphatic rings. The maximum absolute atomic E-state index is 10.9.